The van der Waals surface area contributed by atoms with Crippen LogP contribution in [0.5, 0.6) is 0 Å². The molecule has 0 bridgehead atoms. The second kappa shape index (κ2) is 4.43. The third-order valence-corrected chi connectivity index (χ3v) is 3.33. The molecule has 0 aromatic carbocycles. The Bertz CT molecular complexity index is 146. The van der Waals surface area contributed by atoms with Gasteiger partial charge in [0.15, 0.2) is 0 Å². The number of hydrogen-bond donors (Lipinski definition) is 2. The van der Waals surface area contributed by atoms with Crippen LogP contribution in [-0.4, -0.2) is 17.8 Å². The molecule has 2 nitrogen and oxygen atoms in total. The Labute approximate surface area is 81.5 Å². The average molecular weight is 185 g/mol. The van der Waals surface area contributed by atoms with Crippen LogP contribution in [0.1, 0.15) is 46.0 Å². The summed E-state index contributed by atoms with van der Waals surface area (Å²) in [5.41, 5.74) is 6.26. The third-order valence-electron chi connectivity index (χ3n) is 3.33. The van der Waals surface area contributed by atoms with Crippen LogP contribution in [0.25, 0.3) is 0 Å². The van der Waals surface area contributed by atoms with Crippen LogP contribution in [0.4, 0.5) is 0 Å². The normalized spacial score (nSPS) is 25.8. The number of aliphatic hydroxyl groups excluding tert-OH is 1. The number of aliphatic hydroxyl groups is 1. The van der Waals surface area contributed by atoms with Crippen LogP contribution in [0, 0.1) is 11.3 Å². The fraction of sp³-hybridized carbons (Fsp3) is 1.00. The minimum atomic E-state index is 0.00575. The van der Waals surface area contributed by atoms with Crippen LogP contribution >= 0.6 is 0 Å². The predicted molar refractivity (Wildman–Crippen MR) is 55.4 cm³/mol. The molecule has 1 atom stereocenters. The van der Waals surface area contributed by atoms with Gasteiger partial charge in [0.1, 0.15) is 0 Å². The van der Waals surface area contributed by atoms with Gasteiger partial charge in [0.05, 0.1) is 6.61 Å². The van der Waals surface area contributed by atoms with E-state index >= 15 is 0 Å². The van der Waals surface area contributed by atoms with E-state index in [1.165, 1.54) is 25.7 Å². The largest absolute Gasteiger partial charge is 0.395 e. The summed E-state index contributed by atoms with van der Waals surface area (Å²) >= 11 is 0. The lowest BCUT2D eigenvalue weighted by Gasteiger charge is -2.35. The summed E-state index contributed by atoms with van der Waals surface area (Å²) in [5.74, 6) is 0.759. The first-order chi connectivity index (χ1) is 6.03. The van der Waals surface area contributed by atoms with Gasteiger partial charge < -0.3 is 10.8 Å². The first kappa shape index (κ1) is 11.0. The molecule has 0 aromatic rings. The van der Waals surface area contributed by atoms with E-state index in [1.54, 1.807) is 0 Å². The molecule has 1 saturated carbocycles. The summed E-state index contributed by atoms with van der Waals surface area (Å²) in [6.45, 7) is 4.82. The number of nitrogens with two attached hydrogens (primary N) is 1. The quantitative estimate of drug-likeness (QED) is 0.705. The Kier molecular flexibility index (Phi) is 3.74. The van der Waals surface area contributed by atoms with Gasteiger partial charge in [-0.05, 0) is 43.4 Å². The molecule has 0 radical (unpaired) electrons. The van der Waals surface area contributed by atoms with Crippen LogP contribution < -0.4 is 5.73 Å². The summed E-state index contributed by atoms with van der Waals surface area (Å²) < 4.78 is 0. The molecule has 1 aliphatic rings. The molecule has 0 aromatic heterocycles. The Balaban J connectivity index is 2.25. The molecule has 13 heavy (non-hydrogen) atoms. The Morgan fingerprint density at radius 2 is 1.92 bits per heavy atom. The van der Waals surface area contributed by atoms with Gasteiger partial charge in [-0.1, -0.05) is 13.8 Å². The van der Waals surface area contributed by atoms with Crippen LogP contribution in [0.3, 0.4) is 0 Å². The van der Waals surface area contributed by atoms with E-state index in [4.69, 9.17) is 10.8 Å². The monoisotopic (exact) mass is 185 g/mol. The molecule has 0 saturated heterocycles. The summed E-state index contributed by atoms with van der Waals surface area (Å²) in [7, 11) is 0. The summed E-state index contributed by atoms with van der Waals surface area (Å²) in [5, 5.41) is 8.84. The van der Waals surface area contributed by atoms with E-state index in [0.717, 1.165) is 12.3 Å². The van der Waals surface area contributed by atoms with Crippen molar-refractivity contribution in [1.29, 1.82) is 0 Å². The molecule has 3 N–H and O–H groups in total. The lowest BCUT2D eigenvalue weighted by Crippen LogP contribution is -2.30. The molecule has 0 aliphatic heterocycles. The topological polar surface area (TPSA) is 46.2 Å². The van der Waals surface area contributed by atoms with E-state index in [9.17, 15) is 0 Å². The van der Waals surface area contributed by atoms with E-state index in [0.29, 0.717) is 5.41 Å². The van der Waals surface area contributed by atoms with Crippen molar-refractivity contribution in [3.05, 3.63) is 0 Å². The minimum absolute atomic E-state index is 0.00575. The Hall–Kier alpha value is -0.0800. The highest BCUT2D eigenvalue weighted by Gasteiger charge is 2.27. The maximum Gasteiger partial charge on any atom is 0.0582 e. The lowest BCUT2D eigenvalue weighted by atomic mass is 9.72. The summed E-state index contributed by atoms with van der Waals surface area (Å²) in [6, 6.07) is 0.00575. The van der Waals surface area contributed by atoms with Crippen molar-refractivity contribution in [3.63, 3.8) is 0 Å². The highest BCUT2D eigenvalue weighted by atomic mass is 16.3. The molecule has 78 valence electrons. The maximum absolute atomic E-state index is 8.84. The highest BCUT2D eigenvalue weighted by Crippen LogP contribution is 2.39. The molecule has 1 rings (SSSR count). The van der Waals surface area contributed by atoms with Gasteiger partial charge in [-0.3, -0.25) is 0 Å². The number of hydrogen-bond acceptors (Lipinski definition) is 2. The van der Waals surface area contributed by atoms with E-state index in [2.05, 4.69) is 13.8 Å². The maximum atomic E-state index is 8.84. The molecule has 1 aliphatic carbocycles. The van der Waals surface area contributed by atoms with Crippen molar-refractivity contribution in [3.8, 4) is 0 Å². The van der Waals surface area contributed by atoms with Gasteiger partial charge in [-0.15, -0.1) is 0 Å². The van der Waals surface area contributed by atoms with E-state index in [-0.39, 0.29) is 12.6 Å². The van der Waals surface area contributed by atoms with E-state index < -0.39 is 0 Å². The van der Waals surface area contributed by atoms with Crippen molar-refractivity contribution >= 4 is 0 Å². The van der Waals surface area contributed by atoms with Crippen molar-refractivity contribution in [2.75, 3.05) is 6.61 Å². The predicted octanol–water partition coefficient (Wildman–Crippen LogP) is 1.91. The fourth-order valence-corrected chi connectivity index (χ4v) is 2.20. The first-order valence-corrected chi connectivity index (χ1v) is 5.40. The highest BCUT2D eigenvalue weighted by molar-refractivity contribution is 4.80. The number of rotatable bonds is 3. The van der Waals surface area contributed by atoms with Crippen molar-refractivity contribution < 1.29 is 5.11 Å². The lowest BCUT2D eigenvalue weighted by molar-refractivity contribution is 0.165. The minimum Gasteiger partial charge on any atom is -0.395 e. The Morgan fingerprint density at radius 1 is 1.38 bits per heavy atom. The van der Waals surface area contributed by atoms with E-state index in [1.807, 2.05) is 0 Å². The van der Waals surface area contributed by atoms with Crippen molar-refractivity contribution in [2.45, 2.75) is 52.0 Å². The van der Waals surface area contributed by atoms with Gasteiger partial charge in [0.2, 0.25) is 0 Å². The van der Waals surface area contributed by atoms with Gasteiger partial charge >= 0.3 is 0 Å². The van der Waals surface area contributed by atoms with Crippen LogP contribution in [0.15, 0.2) is 0 Å². The van der Waals surface area contributed by atoms with Gasteiger partial charge in [-0.25, -0.2) is 0 Å². The zero-order chi connectivity index (χ0) is 9.90. The molecular formula is C11H23NO. The molecule has 0 spiro atoms. The van der Waals surface area contributed by atoms with Gasteiger partial charge in [-0.2, -0.15) is 0 Å². The van der Waals surface area contributed by atoms with Gasteiger partial charge in [0.25, 0.3) is 0 Å². The van der Waals surface area contributed by atoms with Crippen molar-refractivity contribution in [1.82, 2.24) is 0 Å². The fourth-order valence-electron chi connectivity index (χ4n) is 2.20. The first-order valence-electron chi connectivity index (χ1n) is 5.40. The van der Waals surface area contributed by atoms with Crippen LogP contribution in [-0.2, 0) is 0 Å². The third kappa shape index (κ3) is 3.65. The Morgan fingerprint density at radius 3 is 2.38 bits per heavy atom. The zero-order valence-electron chi connectivity index (χ0n) is 8.92. The van der Waals surface area contributed by atoms with Crippen molar-refractivity contribution in [2.24, 2.45) is 17.1 Å². The zero-order valence-corrected chi connectivity index (χ0v) is 8.92. The molecule has 1 fully saturated rings. The molecule has 1 unspecified atom stereocenters. The van der Waals surface area contributed by atoms with Gasteiger partial charge in [0, 0.05) is 6.04 Å². The van der Waals surface area contributed by atoms with Crippen LogP contribution in [0.2, 0.25) is 0 Å². The molecule has 0 heterocycles. The second-order valence-electron chi connectivity index (χ2n) is 5.29. The molecule has 0 amide bonds. The smallest absolute Gasteiger partial charge is 0.0582 e. The standard InChI is InChI=1S/C11H23NO/c1-11(2)5-3-9(4-6-11)7-10(12)8-13/h9-10,13H,3-8,12H2,1-2H3. The SMILES string of the molecule is CC1(C)CCC(CC(N)CO)CC1. The average Bonchev–Trinajstić information content (AvgIpc) is 2.08. The summed E-state index contributed by atoms with van der Waals surface area (Å²) in [4.78, 5) is 0. The summed E-state index contributed by atoms with van der Waals surface area (Å²) in [6.07, 6.45) is 6.22. The molecular weight excluding hydrogens is 162 g/mol. The molecule has 2 heteroatoms. The second-order valence-corrected chi connectivity index (χ2v) is 5.29.